The van der Waals surface area contributed by atoms with Crippen LogP contribution in [0.3, 0.4) is 0 Å². The third-order valence-corrected chi connectivity index (χ3v) is 3.55. The van der Waals surface area contributed by atoms with E-state index in [1.807, 2.05) is 13.8 Å². The van der Waals surface area contributed by atoms with Gasteiger partial charge in [-0.1, -0.05) is 0 Å². The average molecular weight is 253 g/mol. The maximum atomic E-state index is 13.4. The average Bonchev–Trinajstić information content (AvgIpc) is 2.59. The maximum Gasteiger partial charge on any atom is 0.146 e. The maximum absolute atomic E-state index is 13.4. The number of hydrogen-bond donors (Lipinski definition) is 1. The van der Waals surface area contributed by atoms with Crippen molar-refractivity contribution in [2.45, 2.75) is 20.4 Å². The van der Waals surface area contributed by atoms with E-state index in [0.717, 1.165) is 17.7 Å². The predicted molar refractivity (Wildman–Crippen MR) is 67.5 cm³/mol. The first-order valence-corrected chi connectivity index (χ1v) is 6.13. The van der Waals surface area contributed by atoms with E-state index in [2.05, 4.69) is 11.4 Å². The molecule has 4 heteroatoms. The summed E-state index contributed by atoms with van der Waals surface area (Å²) in [6, 6.07) is 5.47. The summed E-state index contributed by atoms with van der Waals surface area (Å²) in [5.74, 6) is -0.872. The van der Waals surface area contributed by atoms with Gasteiger partial charge in [-0.25, -0.2) is 8.78 Å². The van der Waals surface area contributed by atoms with Crippen LogP contribution in [0.1, 0.15) is 15.3 Å². The first-order chi connectivity index (χ1) is 8.06. The smallest absolute Gasteiger partial charge is 0.146 e. The van der Waals surface area contributed by atoms with Crippen LogP contribution in [0, 0.1) is 25.5 Å². The highest BCUT2D eigenvalue weighted by molar-refractivity contribution is 7.12. The van der Waals surface area contributed by atoms with E-state index in [9.17, 15) is 8.78 Å². The fraction of sp³-hybridized carbons (Fsp3) is 0.231. The number of rotatable bonds is 3. The molecule has 0 atom stereocenters. The molecule has 0 radical (unpaired) electrons. The Morgan fingerprint density at radius 2 is 1.94 bits per heavy atom. The van der Waals surface area contributed by atoms with Gasteiger partial charge < -0.3 is 5.32 Å². The molecule has 1 N–H and O–H groups in total. The molecule has 0 aliphatic heterocycles. The summed E-state index contributed by atoms with van der Waals surface area (Å²) in [7, 11) is 0. The Morgan fingerprint density at radius 3 is 2.59 bits per heavy atom. The number of benzene rings is 1. The molecular formula is C13H13F2NS. The number of nitrogens with one attached hydrogen (secondary N) is 1. The number of halogens is 2. The van der Waals surface area contributed by atoms with Gasteiger partial charge >= 0.3 is 0 Å². The topological polar surface area (TPSA) is 12.0 Å². The molecule has 0 aliphatic carbocycles. The first-order valence-electron chi connectivity index (χ1n) is 5.31. The summed E-state index contributed by atoms with van der Waals surface area (Å²) in [5.41, 5.74) is 1.32. The Bertz CT molecular complexity index is 534. The largest absolute Gasteiger partial charge is 0.378 e. The molecular weight excluding hydrogens is 240 g/mol. The van der Waals surface area contributed by atoms with Crippen LogP contribution in [0.15, 0.2) is 24.3 Å². The molecule has 0 saturated carbocycles. The standard InChI is InChI=1S/C13H13F2NS/c1-8-5-10(9(2)17-8)7-16-13-6-11(14)3-4-12(13)15/h3-6,16H,7H2,1-2H3. The molecule has 0 unspecified atom stereocenters. The third kappa shape index (κ3) is 2.82. The molecule has 1 aromatic heterocycles. The minimum Gasteiger partial charge on any atom is -0.378 e. The lowest BCUT2D eigenvalue weighted by Crippen LogP contribution is -2.01. The van der Waals surface area contributed by atoms with Crippen LogP contribution < -0.4 is 5.32 Å². The molecule has 90 valence electrons. The molecule has 0 aliphatic rings. The Morgan fingerprint density at radius 1 is 1.18 bits per heavy atom. The lowest BCUT2D eigenvalue weighted by molar-refractivity contribution is 0.602. The van der Waals surface area contributed by atoms with Crippen molar-refractivity contribution in [3.8, 4) is 0 Å². The van der Waals surface area contributed by atoms with Crippen molar-refractivity contribution in [2.24, 2.45) is 0 Å². The van der Waals surface area contributed by atoms with Gasteiger partial charge in [0.2, 0.25) is 0 Å². The summed E-state index contributed by atoms with van der Waals surface area (Å²) in [6.45, 7) is 4.57. The van der Waals surface area contributed by atoms with Crippen LogP contribution >= 0.6 is 11.3 Å². The van der Waals surface area contributed by atoms with Gasteiger partial charge in [-0.2, -0.15) is 0 Å². The van der Waals surface area contributed by atoms with Crippen LogP contribution in [0.4, 0.5) is 14.5 Å². The molecule has 1 aromatic carbocycles. The summed E-state index contributed by atoms with van der Waals surface area (Å²) >= 11 is 1.70. The van der Waals surface area contributed by atoms with E-state index in [0.29, 0.717) is 6.54 Å². The molecule has 1 heterocycles. The van der Waals surface area contributed by atoms with Crippen LogP contribution in [0.5, 0.6) is 0 Å². The normalized spacial score (nSPS) is 10.6. The van der Waals surface area contributed by atoms with E-state index >= 15 is 0 Å². The second-order valence-corrected chi connectivity index (χ2v) is 5.38. The van der Waals surface area contributed by atoms with Gasteiger partial charge in [0.25, 0.3) is 0 Å². The van der Waals surface area contributed by atoms with E-state index < -0.39 is 11.6 Å². The quantitative estimate of drug-likeness (QED) is 0.862. The van der Waals surface area contributed by atoms with Crippen LogP contribution in [-0.4, -0.2) is 0 Å². The highest BCUT2D eigenvalue weighted by atomic mass is 32.1. The number of thiophene rings is 1. The lowest BCUT2D eigenvalue weighted by atomic mass is 10.2. The second kappa shape index (κ2) is 4.84. The van der Waals surface area contributed by atoms with E-state index in [4.69, 9.17) is 0 Å². The minimum absolute atomic E-state index is 0.202. The van der Waals surface area contributed by atoms with Crippen molar-refractivity contribution in [2.75, 3.05) is 5.32 Å². The van der Waals surface area contributed by atoms with Gasteiger partial charge in [0, 0.05) is 16.3 Å². The summed E-state index contributed by atoms with van der Waals surface area (Å²) in [6.07, 6.45) is 0. The zero-order chi connectivity index (χ0) is 12.4. The van der Waals surface area contributed by atoms with Gasteiger partial charge in [0.1, 0.15) is 11.6 Å². The zero-order valence-corrected chi connectivity index (χ0v) is 10.5. The van der Waals surface area contributed by atoms with Gasteiger partial charge in [-0.05, 0) is 43.7 Å². The molecule has 2 aromatic rings. The van der Waals surface area contributed by atoms with E-state index in [-0.39, 0.29) is 5.69 Å². The minimum atomic E-state index is -0.438. The SMILES string of the molecule is Cc1cc(CNc2cc(F)ccc2F)c(C)s1. The van der Waals surface area contributed by atoms with E-state index in [1.54, 1.807) is 11.3 Å². The molecule has 0 spiro atoms. The number of hydrogen-bond acceptors (Lipinski definition) is 2. The number of aryl methyl sites for hydroxylation is 2. The lowest BCUT2D eigenvalue weighted by Gasteiger charge is -2.07. The second-order valence-electron chi connectivity index (χ2n) is 3.92. The predicted octanol–water partition coefficient (Wildman–Crippen LogP) is 4.26. The molecule has 0 bridgehead atoms. The molecule has 2 rings (SSSR count). The van der Waals surface area contributed by atoms with Crippen molar-refractivity contribution in [3.63, 3.8) is 0 Å². The monoisotopic (exact) mass is 253 g/mol. The summed E-state index contributed by atoms with van der Waals surface area (Å²) in [4.78, 5) is 2.42. The van der Waals surface area contributed by atoms with E-state index in [1.165, 1.54) is 15.8 Å². The molecule has 17 heavy (non-hydrogen) atoms. The Hall–Kier alpha value is -1.42. The van der Waals surface area contributed by atoms with Crippen molar-refractivity contribution in [3.05, 3.63) is 51.2 Å². The van der Waals surface area contributed by atoms with Crippen molar-refractivity contribution >= 4 is 17.0 Å². The van der Waals surface area contributed by atoms with Crippen molar-refractivity contribution < 1.29 is 8.78 Å². The van der Waals surface area contributed by atoms with Crippen LogP contribution in [0.2, 0.25) is 0 Å². The molecule has 1 nitrogen and oxygen atoms in total. The Labute approximate surface area is 103 Å². The number of anilines is 1. The van der Waals surface area contributed by atoms with Gasteiger partial charge in [0.05, 0.1) is 5.69 Å². The highest BCUT2D eigenvalue weighted by Gasteiger charge is 2.06. The highest BCUT2D eigenvalue weighted by Crippen LogP contribution is 2.22. The zero-order valence-electron chi connectivity index (χ0n) is 9.68. The Balaban J connectivity index is 2.12. The van der Waals surface area contributed by atoms with Crippen molar-refractivity contribution in [1.82, 2.24) is 0 Å². The van der Waals surface area contributed by atoms with Gasteiger partial charge in [-0.3, -0.25) is 0 Å². The van der Waals surface area contributed by atoms with Crippen LogP contribution in [-0.2, 0) is 6.54 Å². The van der Waals surface area contributed by atoms with Crippen LogP contribution in [0.25, 0.3) is 0 Å². The third-order valence-electron chi connectivity index (χ3n) is 2.54. The Kier molecular flexibility index (Phi) is 3.43. The molecule has 0 saturated heterocycles. The molecule has 0 fully saturated rings. The summed E-state index contributed by atoms with van der Waals surface area (Å²) < 4.78 is 26.3. The van der Waals surface area contributed by atoms with Gasteiger partial charge in [-0.15, -0.1) is 11.3 Å². The van der Waals surface area contributed by atoms with Gasteiger partial charge in [0.15, 0.2) is 0 Å². The summed E-state index contributed by atoms with van der Waals surface area (Å²) in [5, 5.41) is 2.92. The fourth-order valence-electron chi connectivity index (χ4n) is 1.68. The van der Waals surface area contributed by atoms with Crippen molar-refractivity contribution in [1.29, 1.82) is 0 Å². The molecule has 0 amide bonds. The fourth-order valence-corrected chi connectivity index (χ4v) is 2.63. The first kappa shape index (κ1) is 12.0.